The highest BCUT2D eigenvalue weighted by Gasteiger charge is 2.19. The average Bonchev–Trinajstić information content (AvgIpc) is 3.21. The molecule has 4 rings (SSSR count). The van der Waals surface area contributed by atoms with Crippen molar-refractivity contribution in [2.24, 2.45) is 0 Å². The smallest absolute Gasteiger partial charge is 0.306 e. The summed E-state index contributed by atoms with van der Waals surface area (Å²) in [5, 5.41) is 7.37. The molecule has 0 saturated carbocycles. The molecule has 0 fully saturated rings. The van der Waals surface area contributed by atoms with Crippen LogP contribution in [0, 0.1) is 5.82 Å². The van der Waals surface area contributed by atoms with E-state index in [9.17, 15) is 4.39 Å². The first-order chi connectivity index (χ1) is 11.6. The molecule has 4 aromatic rings. The maximum Gasteiger partial charge on any atom is 0.306 e. The van der Waals surface area contributed by atoms with Crippen LogP contribution in [0.25, 0.3) is 28.2 Å². The molecule has 0 amide bonds. The van der Waals surface area contributed by atoms with Crippen molar-refractivity contribution in [2.75, 3.05) is 0 Å². The van der Waals surface area contributed by atoms with Gasteiger partial charge in [0.25, 0.3) is 0 Å². The molecule has 24 heavy (non-hydrogen) atoms. The van der Waals surface area contributed by atoms with Gasteiger partial charge in [0.05, 0.1) is 11.8 Å². The van der Waals surface area contributed by atoms with Gasteiger partial charge in [-0.25, -0.2) is 13.8 Å². The third kappa shape index (κ3) is 2.36. The van der Waals surface area contributed by atoms with E-state index in [0.717, 1.165) is 22.6 Å². The van der Waals surface area contributed by atoms with Crippen molar-refractivity contribution in [3.8, 4) is 22.6 Å². The molecule has 6 heteroatoms. The molecular weight excluding hydrogens is 307 g/mol. The molecule has 1 aromatic carbocycles. The summed E-state index contributed by atoms with van der Waals surface area (Å²) in [6, 6.07) is 10.1. The number of rotatable bonds is 3. The van der Waals surface area contributed by atoms with Crippen molar-refractivity contribution in [1.82, 2.24) is 15.2 Å². The Hall–Kier alpha value is -3.02. The van der Waals surface area contributed by atoms with Crippen LogP contribution in [0.15, 0.2) is 53.4 Å². The normalized spacial score (nSPS) is 11.5. The largest absolute Gasteiger partial charge is 0.443 e. The first kappa shape index (κ1) is 14.6. The zero-order chi connectivity index (χ0) is 16.7. The van der Waals surface area contributed by atoms with Crippen LogP contribution < -0.4 is 4.40 Å². The minimum absolute atomic E-state index is 0.277. The number of fused-ring (bicyclic) bond motifs is 1. The highest BCUT2D eigenvalue weighted by molar-refractivity contribution is 5.76. The van der Waals surface area contributed by atoms with E-state index in [0.29, 0.717) is 17.4 Å². The van der Waals surface area contributed by atoms with Crippen LogP contribution in [0.3, 0.4) is 0 Å². The van der Waals surface area contributed by atoms with Gasteiger partial charge >= 0.3 is 5.65 Å². The standard InChI is InChI=1S/C18H15FN4O/c1-11(2)18-22-21-15-8-5-13(9-23(15)18)17-16(20-10-24-17)12-3-6-14(19)7-4-12/h3-11H,1-2H3/p+1. The average molecular weight is 323 g/mol. The zero-order valence-electron chi connectivity index (χ0n) is 13.3. The maximum absolute atomic E-state index is 13.2. The molecular formula is C18H16FN4O+. The molecule has 1 N–H and O–H groups in total. The van der Waals surface area contributed by atoms with E-state index in [2.05, 4.69) is 29.0 Å². The summed E-state index contributed by atoms with van der Waals surface area (Å²) in [7, 11) is 0. The van der Waals surface area contributed by atoms with Crippen LogP contribution >= 0.6 is 0 Å². The van der Waals surface area contributed by atoms with E-state index in [1.807, 2.05) is 22.7 Å². The number of aromatic amines is 1. The van der Waals surface area contributed by atoms with Crippen LogP contribution in [0.4, 0.5) is 4.39 Å². The fourth-order valence-corrected chi connectivity index (χ4v) is 2.75. The van der Waals surface area contributed by atoms with E-state index >= 15 is 0 Å². The molecule has 0 aliphatic carbocycles. The number of hydrogen-bond donors (Lipinski definition) is 1. The number of hydrogen-bond acceptors (Lipinski definition) is 3. The third-order valence-corrected chi connectivity index (χ3v) is 3.97. The number of benzene rings is 1. The fraction of sp³-hybridized carbons (Fsp3) is 0.167. The Kier molecular flexibility index (Phi) is 3.37. The number of oxazole rings is 1. The van der Waals surface area contributed by atoms with Crippen LogP contribution in [-0.4, -0.2) is 15.2 Å². The number of aromatic nitrogens is 4. The summed E-state index contributed by atoms with van der Waals surface area (Å²) in [6.45, 7) is 4.20. The summed E-state index contributed by atoms with van der Waals surface area (Å²) < 4.78 is 20.8. The monoisotopic (exact) mass is 323 g/mol. The molecule has 5 nitrogen and oxygen atoms in total. The van der Waals surface area contributed by atoms with Gasteiger partial charge in [-0.05, 0) is 30.3 Å². The van der Waals surface area contributed by atoms with Crippen molar-refractivity contribution < 1.29 is 13.2 Å². The first-order valence-corrected chi connectivity index (χ1v) is 7.73. The quantitative estimate of drug-likeness (QED) is 0.584. The van der Waals surface area contributed by atoms with Gasteiger partial charge in [-0.15, -0.1) is 5.10 Å². The Morgan fingerprint density at radius 3 is 2.58 bits per heavy atom. The van der Waals surface area contributed by atoms with Gasteiger partial charge in [-0.3, -0.25) is 0 Å². The topological polar surface area (TPSA) is 58.8 Å². The Morgan fingerprint density at radius 1 is 1.08 bits per heavy atom. The second-order valence-electron chi connectivity index (χ2n) is 5.95. The van der Waals surface area contributed by atoms with Crippen LogP contribution in [0.5, 0.6) is 0 Å². The molecule has 3 heterocycles. The number of pyridine rings is 1. The number of nitrogens with zero attached hydrogens (tertiary/aromatic N) is 3. The Balaban J connectivity index is 1.85. The van der Waals surface area contributed by atoms with Gasteiger partial charge in [0.1, 0.15) is 11.5 Å². The molecule has 0 atom stereocenters. The molecule has 0 aliphatic heterocycles. The summed E-state index contributed by atoms with van der Waals surface area (Å²) in [5.41, 5.74) is 3.21. The van der Waals surface area contributed by atoms with Crippen molar-refractivity contribution >= 4 is 5.65 Å². The number of nitrogens with one attached hydrogen (secondary N) is 1. The minimum Gasteiger partial charge on any atom is -0.443 e. The molecule has 0 unspecified atom stereocenters. The highest BCUT2D eigenvalue weighted by Crippen LogP contribution is 2.30. The molecule has 3 aromatic heterocycles. The van der Waals surface area contributed by atoms with Gasteiger partial charge in [0, 0.05) is 22.6 Å². The lowest BCUT2D eigenvalue weighted by Gasteiger charge is -2.02. The molecule has 120 valence electrons. The molecule has 0 aliphatic rings. The van der Waals surface area contributed by atoms with Gasteiger partial charge in [0.15, 0.2) is 12.2 Å². The van der Waals surface area contributed by atoms with E-state index in [1.165, 1.54) is 18.5 Å². The summed E-state index contributed by atoms with van der Waals surface area (Å²) in [5.74, 6) is 1.68. The summed E-state index contributed by atoms with van der Waals surface area (Å²) in [6.07, 6.45) is 3.38. The van der Waals surface area contributed by atoms with Crippen molar-refractivity contribution in [3.05, 3.63) is 60.6 Å². The van der Waals surface area contributed by atoms with Gasteiger partial charge in [-0.1, -0.05) is 13.8 Å². The lowest BCUT2D eigenvalue weighted by atomic mass is 10.1. The highest BCUT2D eigenvalue weighted by atomic mass is 19.1. The molecule has 0 radical (unpaired) electrons. The number of H-pyrrole nitrogens is 1. The maximum atomic E-state index is 13.2. The summed E-state index contributed by atoms with van der Waals surface area (Å²) >= 11 is 0. The lowest BCUT2D eigenvalue weighted by molar-refractivity contribution is -0.523. The van der Waals surface area contributed by atoms with Crippen LogP contribution in [0.2, 0.25) is 0 Å². The zero-order valence-corrected chi connectivity index (χ0v) is 13.3. The van der Waals surface area contributed by atoms with E-state index < -0.39 is 0 Å². The Morgan fingerprint density at radius 2 is 1.83 bits per heavy atom. The van der Waals surface area contributed by atoms with Gasteiger partial charge in [0.2, 0.25) is 5.82 Å². The van der Waals surface area contributed by atoms with Crippen molar-refractivity contribution in [3.63, 3.8) is 0 Å². The SMILES string of the molecule is CC(C)c1[nH]nc2ccc(-c3ocnc3-c3ccc(F)cc3)c[n+]12. The Labute approximate surface area is 137 Å². The fourth-order valence-electron chi connectivity index (χ4n) is 2.75. The Bertz CT molecular complexity index is 1000. The molecule has 0 saturated heterocycles. The first-order valence-electron chi connectivity index (χ1n) is 7.73. The van der Waals surface area contributed by atoms with Crippen LogP contribution in [0.1, 0.15) is 25.6 Å². The molecule has 0 bridgehead atoms. The second kappa shape index (κ2) is 5.56. The molecule has 0 spiro atoms. The third-order valence-electron chi connectivity index (χ3n) is 3.97. The predicted octanol–water partition coefficient (Wildman–Crippen LogP) is 3.73. The number of halogens is 1. The van der Waals surface area contributed by atoms with Gasteiger partial charge in [-0.2, -0.15) is 0 Å². The second-order valence-corrected chi connectivity index (χ2v) is 5.95. The van der Waals surface area contributed by atoms with E-state index in [4.69, 9.17) is 4.42 Å². The predicted molar refractivity (Wildman–Crippen MR) is 86.7 cm³/mol. The van der Waals surface area contributed by atoms with Crippen molar-refractivity contribution in [2.45, 2.75) is 19.8 Å². The minimum atomic E-state index is -0.277. The lowest BCUT2D eigenvalue weighted by Crippen LogP contribution is -2.25. The van der Waals surface area contributed by atoms with E-state index in [-0.39, 0.29) is 5.82 Å². The van der Waals surface area contributed by atoms with Gasteiger partial charge < -0.3 is 4.42 Å². The van der Waals surface area contributed by atoms with Crippen molar-refractivity contribution in [1.29, 1.82) is 0 Å². The van der Waals surface area contributed by atoms with E-state index in [1.54, 1.807) is 12.1 Å². The van der Waals surface area contributed by atoms with Crippen LogP contribution in [-0.2, 0) is 0 Å². The summed E-state index contributed by atoms with van der Waals surface area (Å²) in [4.78, 5) is 4.30.